The first-order valence-electron chi connectivity index (χ1n) is 6.56. The Morgan fingerprint density at radius 2 is 2.14 bits per heavy atom. The van der Waals surface area contributed by atoms with Gasteiger partial charge in [-0.25, -0.2) is 0 Å². The van der Waals surface area contributed by atoms with E-state index in [0.29, 0.717) is 17.9 Å². The molecule has 0 amide bonds. The van der Waals surface area contributed by atoms with Gasteiger partial charge < -0.3 is 9.73 Å². The third-order valence-electron chi connectivity index (χ3n) is 2.86. The second-order valence-corrected chi connectivity index (χ2v) is 6.48. The summed E-state index contributed by atoms with van der Waals surface area (Å²) in [7, 11) is 5.19. The van der Waals surface area contributed by atoms with Crippen LogP contribution in [0.4, 0.5) is 0 Å². The molecule has 5 nitrogen and oxygen atoms in total. The first kappa shape index (κ1) is 18.0. The molecule has 0 aliphatic heterocycles. The fourth-order valence-electron chi connectivity index (χ4n) is 1.67. The number of hydrogen-bond donors (Lipinski definition) is 2. The van der Waals surface area contributed by atoms with Crippen molar-refractivity contribution < 1.29 is 9.21 Å². The topological polar surface area (TPSA) is 68.0 Å². The number of carbonyl (C=O) groups excluding carboxylic acids is 1. The van der Waals surface area contributed by atoms with Gasteiger partial charge in [0.15, 0.2) is 7.00 Å². The third kappa shape index (κ3) is 4.80. The van der Waals surface area contributed by atoms with Crippen molar-refractivity contribution in [3.05, 3.63) is 24.3 Å². The van der Waals surface area contributed by atoms with Crippen LogP contribution in [0.25, 0.3) is 11.5 Å². The molecule has 0 fully saturated rings. The quantitative estimate of drug-likeness (QED) is 0.327. The monoisotopic (exact) mass is 371 g/mol. The third-order valence-corrected chi connectivity index (χ3v) is 4.76. The second-order valence-electron chi connectivity index (χ2n) is 4.34. The minimum atomic E-state index is -0.345. The Kier molecular flexibility index (Phi) is 7.38. The van der Waals surface area contributed by atoms with Gasteiger partial charge in [0, 0.05) is 29.4 Å². The predicted octanol–water partition coefficient (Wildman–Crippen LogP) is 0.928. The number of thioether (sulfide) groups is 1. The molecule has 0 saturated heterocycles. The molecule has 2 aromatic rings. The maximum absolute atomic E-state index is 12.1. The van der Waals surface area contributed by atoms with Gasteiger partial charge in [-0.3, -0.25) is 4.79 Å². The number of nitrogens with zero attached hydrogens (tertiary/aromatic N) is 2. The maximum atomic E-state index is 12.1. The van der Waals surface area contributed by atoms with Crippen molar-refractivity contribution in [3.8, 4) is 11.5 Å². The Hall–Kier alpha value is -0.385. The maximum Gasteiger partial charge on any atom is 0.284 e. The van der Waals surface area contributed by atoms with Gasteiger partial charge in [-0.05, 0) is 0 Å². The van der Waals surface area contributed by atoms with Gasteiger partial charge in [0.1, 0.15) is 0 Å². The van der Waals surface area contributed by atoms with Gasteiger partial charge in [-0.1, -0.05) is 29.7 Å². The molecular weight excluding hydrogens is 355 g/mol. The van der Waals surface area contributed by atoms with Crippen LogP contribution in [-0.4, -0.2) is 40.4 Å². The molecule has 0 aliphatic rings. The lowest BCUT2D eigenvalue weighted by Gasteiger charge is -2.11. The summed E-state index contributed by atoms with van der Waals surface area (Å²) < 4.78 is 5.54. The van der Waals surface area contributed by atoms with E-state index in [1.165, 1.54) is 5.46 Å². The predicted molar refractivity (Wildman–Crippen MR) is 102 cm³/mol. The smallest absolute Gasteiger partial charge is 0.284 e. The van der Waals surface area contributed by atoms with Crippen LogP contribution in [0.2, 0.25) is 0 Å². The summed E-state index contributed by atoms with van der Waals surface area (Å²) >= 11 is 5.10. The van der Waals surface area contributed by atoms with E-state index in [0.717, 1.165) is 24.3 Å². The molecule has 0 aliphatic carbocycles. The van der Waals surface area contributed by atoms with E-state index in [9.17, 15) is 4.79 Å². The molecule has 2 rings (SSSR count). The molecule has 3 atom stereocenters. The Morgan fingerprint density at radius 3 is 2.73 bits per heavy atom. The van der Waals surface area contributed by atoms with Crippen LogP contribution in [0, 0.1) is 0 Å². The highest BCUT2D eigenvalue weighted by atomic mass is 32.2. The van der Waals surface area contributed by atoms with Crippen molar-refractivity contribution in [2.75, 3.05) is 12.0 Å². The molecule has 22 heavy (non-hydrogen) atoms. The summed E-state index contributed by atoms with van der Waals surface area (Å²) in [6.07, 6.45) is 0.620. The zero-order valence-electron chi connectivity index (χ0n) is 11.7. The lowest BCUT2D eigenvalue weighted by molar-refractivity contribution is -0.112. The van der Waals surface area contributed by atoms with Crippen molar-refractivity contribution in [2.24, 2.45) is 0 Å². The molecule has 0 radical (unpaired) electrons. The van der Waals surface area contributed by atoms with Gasteiger partial charge >= 0.3 is 0 Å². The first-order chi connectivity index (χ1) is 10.7. The van der Waals surface area contributed by atoms with E-state index >= 15 is 0 Å². The zero-order valence-corrected chi connectivity index (χ0v) is 15.7. The Morgan fingerprint density at radius 1 is 1.41 bits per heavy atom. The molecule has 0 saturated carbocycles. The number of thiol groups is 1. The second kappa shape index (κ2) is 9.04. The minimum Gasteiger partial charge on any atom is -0.411 e. The fraction of sp³-hybridized carbons (Fsp3) is 0.250. The molecule has 1 aromatic carbocycles. The summed E-state index contributed by atoms with van der Waals surface area (Å²) in [4.78, 5) is 12.1. The fourth-order valence-corrected chi connectivity index (χ4v) is 3.33. The number of nitrogens with one attached hydrogen (secondary N) is 1. The Balaban J connectivity index is 2.05. The van der Waals surface area contributed by atoms with Crippen molar-refractivity contribution in [2.45, 2.75) is 11.3 Å². The average molecular weight is 371 g/mol. The Labute approximate surface area is 144 Å². The van der Waals surface area contributed by atoms with Gasteiger partial charge in [-0.15, -0.1) is 19.4 Å². The van der Waals surface area contributed by atoms with Gasteiger partial charge in [-0.2, -0.15) is 21.7 Å². The molecule has 0 spiro atoms. The van der Waals surface area contributed by atoms with Crippen molar-refractivity contribution in [1.82, 2.24) is 15.5 Å². The van der Waals surface area contributed by atoms with E-state index in [-0.39, 0.29) is 16.4 Å². The van der Waals surface area contributed by atoms with Crippen LogP contribution in [0.5, 0.6) is 0 Å². The number of carbonyl (C=O) groups is 1. The lowest BCUT2D eigenvalue weighted by Crippen LogP contribution is -2.35. The van der Waals surface area contributed by atoms with E-state index in [4.69, 9.17) is 4.42 Å². The summed E-state index contributed by atoms with van der Waals surface area (Å²) in [5, 5.41) is 11.1. The van der Waals surface area contributed by atoms with Crippen LogP contribution >= 0.6 is 42.7 Å². The largest absolute Gasteiger partial charge is 0.411 e. The van der Waals surface area contributed by atoms with Crippen LogP contribution in [0.15, 0.2) is 33.9 Å². The van der Waals surface area contributed by atoms with Crippen LogP contribution < -0.4 is 10.8 Å². The highest BCUT2D eigenvalue weighted by molar-refractivity contribution is 8.13. The van der Waals surface area contributed by atoms with Crippen molar-refractivity contribution >= 4 is 60.3 Å². The standard InChI is InChI=1S/C12H16BN3O2P2S2/c17-11(9(5-21)14-6-19)22-12-16-15-10(18-12)7-1-3-8(13-20)4-2-7/h1-4,9,13-14,21H,5-6,19-20H2/t9-/m0/s1. The van der Waals surface area contributed by atoms with Crippen LogP contribution in [0.1, 0.15) is 0 Å². The molecule has 116 valence electrons. The molecule has 1 N–H and O–H groups in total. The number of rotatable bonds is 7. The summed E-state index contributed by atoms with van der Waals surface area (Å²) in [6, 6.07) is 7.52. The number of aromatic nitrogens is 2. The molecule has 10 heteroatoms. The summed E-state index contributed by atoms with van der Waals surface area (Å²) in [5.74, 6) is 0.824. The van der Waals surface area contributed by atoms with Crippen LogP contribution in [0.3, 0.4) is 0 Å². The van der Waals surface area contributed by atoms with Gasteiger partial charge in [0.05, 0.1) is 6.04 Å². The van der Waals surface area contributed by atoms with E-state index < -0.39 is 0 Å². The minimum absolute atomic E-state index is 0.0917. The summed E-state index contributed by atoms with van der Waals surface area (Å²) in [5.41, 5.74) is 2.04. The normalized spacial score (nSPS) is 12.1. The zero-order chi connectivity index (χ0) is 15.9. The van der Waals surface area contributed by atoms with Crippen LogP contribution in [-0.2, 0) is 4.79 Å². The molecule has 1 aromatic heterocycles. The van der Waals surface area contributed by atoms with Gasteiger partial charge in [0.25, 0.3) is 5.22 Å². The molecular formula is C12H16BN3O2P2S2. The van der Waals surface area contributed by atoms with E-state index in [1.807, 2.05) is 24.3 Å². The molecule has 0 bridgehead atoms. The Bertz CT molecular complexity index is 627. The number of hydrogen-bond acceptors (Lipinski definition) is 7. The highest BCUT2D eigenvalue weighted by Crippen LogP contribution is 2.24. The SMILES string of the molecule is O=C(Sc1nnc(-c2ccc(BP)cc2)o1)[C@H](CS)NCP. The highest BCUT2D eigenvalue weighted by Gasteiger charge is 2.20. The van der Waals surface area contributed by atoms with Gasteiger partial charge in [0.2, 0.25) is 11.0 Å². The molecule has 2 unspecified atom stereocenters. The summed E-state index contributed by atoms with van der Waals surface area (Å²) in [6.45, 7) is 0.896. The van der Waals surface area contributed by atoms with E-state index in [2.05, 4.69) is 46.5 Å². The van der Waals surface area contributed by atoms with Crippen molar-refractivity contribution in [1.29, 1.82) is 0 Å². The average Bonchev–Trinajstić information content (AvgIpc) is 3.01. The molecule has 1 heterocycles. The number of benzene rings is 1. The van der Waals surface area contributed by atoms with Crippen molar-refractivity contribution in [3.63, 3.8) is 0 Å². The van der Waals surface area contributed by atoms with E-state index in [1.54, 1.807) is 0 Å². The first-order valence-corrected chi connectivity index (χ1v) is 9.65. The lowest BCUT2D eigenvalue weighted by atomic mass is 9.93.